The van der Waals surface area contributed by atoms with Gasteiger partial charge in [0.2, 0.25) is 0 Å². The number of aliphatic hydroxyl groups is 3. The van der Waals surface area contributed by atoms with Crippen LogP contribution in [0, 0.1) is 23.7 Å². The molecule has 18 atom stereocenters. The first-order chi connectivity index (χ1) is 27.0. The Kier molecular flexibility index (Phi) is 18.6. The van der Waals surface area contributed by atoms with Crippen LogP contribution in [0.2, 0.25) is 0 Å². The molecule has 0 amide bonds. The van der Waals surface area contributed by atoms with Crippen molar-refractivity contribution in [2.24, 2.45) is 23.7 Å². The fourth-order valence-electron chi connectivity index (χ4n) is 9.37. The molecule has 3 fully saturated rings. The van der Waals surface area contributed by atoms with E-state index in [0.29, 0.717) is 13.0 Å². The van der Waals surface area contributed by atoms with Gasteiger partial charge < -0.3 is 62.7 Å². The second-order valence-electron chi connectivity index (χ2n) is 17.7. The third kappa shape index (κ3) is 11.2. The maximum Gasteiger partial charge on any atom is 0.311 e. The minimum Gasteiger partial charge on any atom is -0.459 e. The maximum atomic E-state index is 14.4. The number of methoxy groups -OCH3 is 5. The highest BCUT2D eigenvalue weighted by molar-refractivity contribution is 5.83. The van der Waals surface area contributed by atoms with E-state index in [0.717, 1.165) is 0 Å². The van der Waals surface area contributed by atoms with E-state index in [9.17, 15) is 24.9 Å². The molecule has 340 valence electrons. The molecule has 3 rings (SSSR count). The molecular formula is C42H77NO15. The molecule has 0 aromatic rings. The van der Waals surface area contributed by atoms with Crippen LogP contribution in [0.25, 0.3) is 0 Å². The van der Waals surface area contributed by atoms with Crippen LogP contribution in [0.3, 0.4) is 0 Å². The van der Waals surface area contributed by atoms with Crippen molar-refractivity contribution in [1.29, 1.82) is 0 Å². The zero-order valence-electron chi connectivity index (χ0n) is 38.0. The summed E-state index contributed by atoms with van der Waals surface area (Å²) in [5.74, 6) is -4.45. The van der Waals surface area contributed by atoms with Crippen LogP contribution >= 0.6 is 0 Å². The highest BCUT2D eigenvalue weighted by Crippen LogP contribution is 2.42. The number of ether oxygens (including phenoxy) is 10. The third-order valence-corrected chi connectivity index (χ3v) is 13.4. The Morgan fingerprint density at radius 2 is 1.43 bits per heavy atom. The molecule has 3 saturated heterocycles. The second-order valence-corrected chi connectivity index (χ2v) is 17.7. The summed E-state index contributed by atoms with van der Waals surface area (Å²) in [4.78, 5) is 30.6. The highest BCUT2D eigenvalue weighted by atomic mass is 16.7. The summed E-state index contributed by atoms with van der Waals surface area (Å²) in [6, 6.07) is -0.202. The van der Waals surface area contributed by atoms with Gasteiger partial charge in [0.1, 0.15) is 29.7 Å². The molecule has 0 aromatic carbocycles. The fraction of sp³-hybridized carbons (Fsp3) is 0.952. The van der Waals surface area contributed by atoms with Gasteiger partial charge in [0, 0.05) is 72.3 Å². The standard InChI is InChI=1S/C42H77NO15/c1-17-29-42(10,48)35(45)24(4)32(44)22(2)19-41(9,53-16)37(58-39-34(51-14)28(18-23(3)54-39)43(11)21-31(49-12)50-13)25(5)33(26(6)38(47)56-29)57-30-20-40(8,52-15)36(46)27(7)55-30/h22-31,33-37,39,45-46,48H,17-21H2,1-16H3/t22-,23-,24+,25+,26-,27+,28+,29-,30-,33+,34-,35-,36+,37-,39+,40-,41+,42-/m1/s1. The van der Waals surface area contributed by atoms with Crippen molar-refractivity contribution in [1.82, 2.24) is 4.90 Å². The number of carbonyl (C=O) groups excluding carboxylic acids is 2. The topological polar surface area (TPSA) is 190 Å². The molecule has 0 aliphatic carbocycles. The fourth-order valence-corrected chi connectivity index (χ4v) is 9.37. The quantitative estimate of drug-likeness (QED) is 0.181. The molecule has 3 N–H and O–H groups in total. The lowest BCUT2D eigenvalue weighted by Crippen LogP contribution is -2.62. The molecule has 58 heavy (non-hydrogen) atoms. The Morgan fingerprint density at radius 1 is 0.828 bits per heavy atom. The SMILES string of the molecule is CC[C@H]1OC(=O)[C@H](C)[C@@H](O[C@@H]2C[C@@](C)(OC)[C@@H](O)[C@H](C)O2)[C@H](C)[C@@H](O[C@@H]2O[C@H](C)C[C@H](N(C)CC(OC)OC)[C@H]2OC)[C@@](C)(OC)C[C@@H](C)C(=O)[C@H](C)[C@@H](O)[C@]1(C)O. The Labute approximate surface area is 346 Å². The lowest BCUT2D eigenvalue weighted by molar-refractivity contribution is -0.321. The van der Waals surface area contributed by atoms with Gasteiger partial charge in [0.25, 0.3) is 0 Å². The van der Waals surface area contributed by atoms with Crippen molar-refractivity contribution in [3.63, 3.8) is 0 Å². The number of carbonyl (C=O) groups is 2. The first kappa shape index (κ1) is 51.0. The smallest absolute Gasteiger partial charge is 0.311 e. The average Bonchev–Trinajstić information content (AvgIpc) is 3.19. The molecule has 16 heteroatoms. The lowest BCUT2D eigenvalue weighted by Gasteiger charge is -2.50. The molecular weight excluding hydrogens is 758 g/mol. The largest absolute Gasteiger partial charge is 0.459 e. The first-order valence-corrected chi connectivity index (χ1v) is 20.8. The number of hydrogen-bond acceptors (Lipinski definition) is 16. The minimum absolute atomic E-state index is 0.122. The van der Waals surface area contributed by atoms with Crippen LogP contribution in [0.4, 0.5) is 0 Å². The second kappa shape index (κ2) is 21.1. The van der Waals surface area contributed by atoms with E-state index in [1.807, 2.05) is 27.8 Å². The summed E-state index contributed by atoms with van der Waals surface area (Å²) < 4.78 is 62.1. The van der Waals surface area contributed by atoms with Gasteiger partial charge >= 0.3 is 5.97 Å². The van der Waals surface area contributed by atoms with Gasteiger partial charge in [-0.25, -0.2) is 0 Å². The van der Waals surface area contributed by atoms with E-state index in [1.165, 1.54) is 21.1 Å². The van der Waals surface area contributed by atoms with E-state index >= 15 is 0 Å². The van der Waals surface area contributed by atoms with Crippen LogP contribution in [0.1, 0.15) is 94.9 Å². The summed E-state index contributed by atoms with van der Waals surface area (Å²) in [7, 11) is 9.76. The van der Waals surface area contributed by atoms with Gasteiger partial charge in [-0.3, -0.25) is 14.5 Å². The van der Waals surface area contributed by atoms with E-state index < -0.39 is 108 Å². The summed E-state index contributed by atoms with van der Waals surface area (Å²) in [5.41, 5.74) is -4.26. The van der Waals surface area contributed by atoms with E-state index in [1.54, 1.807) is 62.9 Å². The van der Waals surface area contributed by atoms with E-state index in [-0.39, 0.29) is 37.2 Å². The molecule has 0 saturated carbocycles. The Bertz CT molecular complexity index is 1300. The number of cyclic esters (lactones) is 1. The number of likely N-dealkylation sites (N-methyl/N-ethyl adjacent to an activating group) is 1. The van der Waals surface area contributed by atoms with Crippen molar-refractivity contribution in [3.8, 4) is 0 Å². The van der Waals surface area contributed by atoms with Gasteiger partial charge in [0.05, 0.1) is 47.6 Å². The van der Waals surface area contributed by atoms with Gasteiger partial charge in [-0.05, 0) is 67.9 Å². The van der Waals surface area contributed by atoms with Gasteiger partial charge in [-0.2, -0.15) is 0 Å². The number of Topliss-reactive ketones (excluding diaryl/α,β-unsaturated/α-hetero) is 1. The first-order valence-electron chi connectivity index (χ1n) is 20.8. The molecule has 3 aliphatic rings. The molecule has 0 bridgehead atoms. The van der Waals surface area contributed by atoms with Crippen molar-refractivity contribution < 1.29 is 72.3 Å². The van der Waals surface area contributed by atoms with Crippen molar-refractivity contribution in [3.05, 3.63) is 0 Å². The highest BCUT2D eigenvalue weighted by Gasteiger charge is 2.54. The molecule has 0 spiro atoms. The van der Waals surface area contributed by atoms with Crippen molar-refractivity contribution in [2.75, 3.05) is 49.1 Å². The zero-order valence-corrected chi connectivity index (χ0v) is 38.0. The number of aliphatic hydroxyl groups excluding tert-OH is 2. The van der Waals surface area contributed by atoms with E-state index in [4.69, 9.17) is 47.4 Å². The lowest BCUT2D eigenvalue weighted by atomic mass is 9.74. The predicted octanol–water partition coefficient (Wildman–Crippen LogP) is 3.08. The number of hydrogen-bond donors (Lipinski definition) is 3. The van der Waals surface area contributed by atoms with Crippen molar-refractivity contribution in [2.45, 2.75) is 185 Å². The Balaban J connectivity index is 2.24. The summed E-state index contributed by atoms with van der Waals surface area (Å²) in [6.07, 6.45) is -8.59. The number of rotatable bonds is 13. The normalized spacial score (nSPS) is 45.3. The zero-order chi connectivity index (χ0) is 44.1. The third-order valence-electron chi connectivity index (χ3n) is 13.4. The Morgan fingerprint density at radius 3 is 1.97 bits per heavy atom. The monoisotopic (exact) mass is 836 g/mol. The predicted molar refractivity (Wildman–Crippen MR) is 213 cm³/mol. The van der Waals surface area contributed by atoms with Gasteiger partial charge in [-0.15, -0.1) is 0 Å². The summed E-state index contributed by atoms with van der Waals surface area (Å²) >= 11 is 0. The van der Waals surface area contributed by atoms with E-state index in [2.05, 4.69) is 4.90 Å². The average molecular weight is 836 g/mol. The van der Waals surface area contributed by atoms with Crippen molar-refractivity contribution >= 4 is 11.8 Å². The molecule has 0 radical (unpaired) electrons. The molecule has 3 heterocycles. The van der Waals surface area contributed by atoms with Gasteiger partial charge in [0.15, 0.2) is 18.9 Å². The summed E-state index contributed by atoms with van der Waals surface area (Å²) in [5, 5.41) is 34.3. The van der Waals surface area contributed by atoms with Crippen LogP contribution in [0.15, 0.2) is 0 Å². The van der Waals surface area contributed by atoms with Crippen LogP contribution < -0.4 is 0 Å². The Hall–Kier alpha value is -1.38. The summed E-state index contributed by atoms with van der Waals surface area (Å²) in [6.45, 7) is 17.7. The number of esters is 1. The minimum atomic E-state index is -1.97. The van der Waals surface area contributed by atoms with Gasteiger partial charge in [-0.1, -0.05) is 27.7 Å². The van der Waals surface area contributed by atoms with Crippen LogP contribution in [0.5, 0.6) is 0 Å². The number of ketones is 1. The van der Waals surface area contributed by atoms with Crippen LogP contribution in [-0.2, 0) is 57.0 Å². The molecule has 0 aromatic heterocycles. The molecule has 16 nitrogen and oxygen atoms in total. The number of nitrogens with zero attached hydrogens (tertiary/aromatic N) is 1. The molecule has 3 aliphatic heterocycles. The van der Waals surface area contributed by atoms with Crippen LogP contribution in [-0.4, -0.2) is 172 Å². The molecule has 0 unspecified atom stereocenters. The maximum absolute atomic E-state index is 14.4.